The van der Waals surface area contributed by atoms with E-state index < -0.39 is 0 Å². The summed E-state index contributed by atoms with van der Waals surface area (Å²) in [6, 6.07) is 14.3. The van der Waals surface area contributed by atoms with Gasteiger partial charge in [-0.1, -0.05) is 56.8 Å². The van der Waals surface area contributed by atoms with Gasteiger partial charge in [0.05, 0.1) is 19.9 Å². The lowest BCUT2D eigenvalue weighted by atomic mass is 9.87. The van der Waals surface area contributed by atoms with Gasteiger partial charge in [-0.05, 0) is 29.2 Å². The molecular formula is C22H24N4O2S. The summed E-state index contributed by atoms with van der Waals surface area (Å²) in [7, 11) is 3.27. The molecule has 6 nitrogen and oxygen atoms in total. The molecule has 1 aliphatic rings. The van der Waals surface area contributed by atoms with Crippen LogP contribution in [0, 0.1) is 0 Å². The van der Waals surface area contributed by atoms with E-state index in [0.29, 0.717) is 11.5 Å². The Hall–Kier alpha value is -2.93. The zero-order chi connectivity index (χ0) is 20.6. The first-order valence-corrected chi connectivity index (χ1v) is 10.2. The summed E-state index contributed by atoms with van der Waals surface area (Å²) in [5.41, 5.74) is 7.77. The smallest absolute Gasteiger partial charge is 0.214 e. The Bertz CT molecular complexity index is 1070. The van der Waals surface area contributed by atoms with Crippen molar-refractivity contribution in [3.05, 3.63) is 59.0 Å². The van der Waals surface area contributed by atoms with Gasteiger partial charge in [-0.15, -0.1) is 10.2 Å². The highest BCUT2D eigenvalue weighted by atomic mass is 32.2. The minimum Gasteiger partial charge on any atom is -0.493 e. The molecule has 0 saturated carbocycles. The van der Waals surface area contributed by atoms with Crippen LogP contribution in [0.15, 0.2) is 53.0 Å². The second-order valence-electron chi connectivity index (χ2n) is 7.80. The first kappa shape index (κ1) is 19.4. The molecule has 0 spiro atoms. The van der Waals surface area contributed by atoms with Gasteiger partial charge in [-0.3, -0.25) is 5.43 Å². The fourth-order valence-corrected chi connectivity index (χ4v) is 3.89. The molecule has 7 heteroatoms. The van der Waals surface area contributed by atoms with Crippen LogP contribution in [0.4, 0.5) is 0 Å². The molecular weight excluding hydrogens is 384 g/mol. The number of methoxy groups -OCH3 is 2. The number of hydrogen-bond donors (Lipinski definition) is 1. The number of nitrogens with zero attached hydrogens (tertiary/aromatic N) is 3. The summed E-state index contributed by atoms with van der Waals surface area (Å²) in [5.74, 6) is 2.16. The largest absolute Gasteiger partial charge is 0.493 e. The van der Waals surface area contributed by atoms with Crippen LogP contribution < -0.4 is 14.9 Å². The third-order valence-electron chi connectivity index (χ3n) is 4.85. The number of fused-ring (bicyclic) bond motifs is 1. The zero-order valence-electron chi connectivity index (χ0n) is 17.2. The summed E-state index contributed by atoms with van der Waals surface area (Å²) in [5, 5.41) is 11.5. The number of rotatable bonds is 4. The number of hydrogen-bond acceptors (Lipinski definition) is 6. The van der Waals surface area contributed by atoms with Crippen LogP contribution in [-0.2, 0) is 5.41 Å². The van der Waals surface area contributed by atoms with Gasteiger partial charge in [0.2, 0.25) is 5.16 Å². The van der Waals surface area contributed by atoms with Crippen molar-refractivity contribution in [1.29, 1.82) is 0 Å². The minimum atomic E-state index is 0.111. The van der Waals surface area contributed by atoms with Gasteiger partial charge in [0.25, 0.3) is 0 Å². The Morgan fingerprint density at radius 2 is 1.59 bits per heavy atom. The average Bonchev–Trinajstić information content (AvgIpc) is 3.16. The van der Waals surface area contributed by atoms with Crippen LogP contribution in [0.25, 0.3) is 17.1 Å². The molecule has 1 aromatic heterocycles. The van der Waals surface area contributed by atoms with Gasteiger partial charge in [0.15, 0.2) is 17.3 Å². The van der Waals surface area contributed by atoms with Crippen molar-refractivity contribution in [3.63, 3.8) is 0 Å². The van der Waals surface area contributed by atoms with E-state index in [-0.39, 0.29) is 5.41 Å². The second-order valence-corrected chi connectivity index (χ2v) is 8.64. The van der Waals surface area contributed by atoms with E-state index in [4.69, 9.17) is 9.47 Å². The predicted molar refractivity (Wildman–Crippen MR) is 117 cm³/mol. The van der Waals surface area contributed by atoms with Gasteiger partial charge >= 0.3 is 0 Å². The van der Waals surface area contributed by atoms with Crippen molar-refractivity contribution in [3.8, 4) is 22.9 Å². The van der Waals surface area contributed by atoms with E-state index in [9.17, 15) is 0 Å². The van der Waals surface area contributed by atoms with Crippen molar-refractivity contribution in [1.82, 2.24) is 14.9 Å². The van der Waals surface area contributed by atoms with Crippen molar-refractivity contribution in [2.75, 3.05) is 19.6 Å². The topological polar surface area (TPSA) is 61.2 Å². The molecule has 0 amide bonds. The fraction of sp³-hybridized carbons (Fsp3) is 0.273. The normalized spacial score (nSPS) is 13.3. The molecule has 3 aromatic rings. The van der Waals surface area contributed by atoms with Gasteiger partial charge in [-0.25, -0.2) is 4.68 Å². The third kappa shape index (κ3) is 3.70. The highest BCUT2D eigenvalue weighted by Crippen LogP contribution is 2.35. The Kier molecular flexibility index (Phi) is 5.00. The van der Waals surface area contributed by atoms with Crippen molar-refractivity contribution >= 4 is 17.5 Å². The monoisotopic (exact) mass is 408 g/mol. The fourth-order valence-electron chi connectivity index (χ4n) is 3.15. The van der Waals surface area contributed by atoms with Crippen LogP contribution in [0.3, 0.4) is 0 Å². The maximum Gasteiger partial charge on any atom is 0.214 e. The SMILES string of the molecule is COc1ccc(C2=CSc3nnc(-c4ccc(C(C)(C)C)cc4)n3N2)cc1OC. The van der Waals surface area contributed by atoms with Crippen LogP contribution in [0.5, 0.6) is 11.5 Å². The first-order chi connectivity index (χ1) is 13.9. The number of ether oxygens (including phenoxy) is 2. The van der Waals surface area contributed by atoms with E-state index in [1.54, 1.807) is 14.2 Å². The molecule has 0 bridgehead atoms. The molecule has 0 fully saturated rings. The summed E-state index contributed by atoms with van der Waals surface area (Å²) < 4.78 is 12.7. The zero-order valence-corrected chi connectivity index (χ0v) is 18.0. The molecule has 4 rings (SSSR count). The minimum absolute atomic E-state index is 0.111. The summed E-state index contributed by atoms with van der Waals surface area (Å²) in [6.07, 6.45) is 0. The summed E-state index contributed by atoms with van der Waals surface area (Å²) in [6.45, 7) is 6.62. The Labute approximate surface area is 174 Å². The Morgan fingerprint density at radius 1 is 0.897 bits per heavy atom. The van der Waals surface area contributed by atoms with Crippen LogP contribution in [0.1, 0.15) is 31.9 Å². The van der Waals surface area contributed by atoms with E-state index >= 15 is 0 Å². The van der Waals surface area contributed by atoms with Crippen molar-refractivity contribution in [2.45, 2.75) is 31.3 Å². The van der Waals surface area contributed by atoms with Crippen LogP contribution in [0.2, 0.25) is 0 Å². The van der Waals surface area contributed by atoms with Gasteiger partial charge in [-0.2, -0.15) is 0 Å². The molecule has 0 saturated heterocycles. The highest BCUT2D eigenvalue weighted by molar-refractivity contribution is 8.02. The quantitative estimate of drug-likeness (QED) is 0.662. The Morgan fingerprint density at radius 3 is 2.24 bits per heavy atom. The third-order valence-corrected chi connectivity index (χ3v) is 5.68. The molecule has 1 N–H and O–H groups in total. The van der Waals surface area contributed by atoms with E-state index in [2.05, 4.69) is 60.7 Å². The lowest BCUT2D eigenvalue weighted by molar-refractivity contribution is 0.355. The predicted octanol–water partition coefficient (Wildman–Crippen LogP) is 4.91. The standard InChI is InChI=1S/C22H24N4O2S/c1-22(2,3)16-9-6-14(7-10-16)20-23-24-21-26(20)25-17(13-29-21)15-8-11-18(27-4)19(12-15)28-5/h6-13,25H,1-5H3. The van der Waals surface area contributed by atoms with E-state index in [1.165, 1.54) is 17.3 Å². The Balaban J connectivity index is 1.64. The summed E-state index contributed by atoms with van der Waals surface area (Å²) >= 11 is 1.53. The molecule has 0 aliphatic carbocycles. The van der Waals surface area contributed by atoms with E-state index in [1.807, 2.05) is 28.3 Å². The lowest BCUT2D eigenvalue weighted by Crippen LogP contribution is -2.18. The highest BCUT2D eigenvalue weighted by Gasteiger charge is 2.21. The van der Waals surface area contributed by atoms with Gasteiger partial charge in [0, 0.05) is 16.5 Å². The molecule has 2 aromatic carbocycles. The molecule has 29 heavy (non-hydrogen) atoms. The molecule has 150 valence electrons. The van der Waals surface area contributed by atoms with Crippen molar-refractivity contribution in [2.24, 2.45) is 0 Å². The van der Waals surface area contributed by atoms with Crippen molar-refractivity contribution < 1.29 is 9.47 Å². The number of benzene rings is 2. The molecule has 2 heterocycles. The molecule has 0 atom stereocenters. The second kappa shape index (κ2) is 7.48. The maximum atomic E-state index is 5.44. The first-order valence-electron chi connectivity index (χ1n) is 9.33. The molecule has 0 unspecified atom stereocenters. The average molecular weight is 409 g/mol. The van der Waals surface area contributed by atoms with Gasteiger partial charge in [0.1, 0.15) is 0 Å². The summed E-state index contributed by atoms with van der Waals surface area (Å²) in [4.78, 5) is 0. The van der Waals surface area contributed by atoms with Crippen LogP contribution >= 0.6 is 11.8 Å². The lowest BCUT2D eigenvalue weighted by Gasteiger charge is -2.21. The molecule has 0 radical (unpaired) electrons. The molecule has 1 aliphatic heterocycles. The number of thioether (sulfide) groups is 1. The van der Waals surface area contributed by atoms with Crippen LogP contribution in [-0.4, -0.2) is 29.1 Å². The number of aromatic nitrogens is 3. The van der Waals surface area contributed by atoms with Gasteiger partial charge < -0.3 is 9.47 Å². The maximum absolute atomic E-state index is 5.44. The van der Waals surface area contributed by atoms with E-state index in [0.717, 1.165) is 27.8 Å². The number of nitrogens with one attached hydrogen (secondary N) is 1.